The Morgan fingerprint density at radius 3 is 2.04 bits per heavy atom. The van der Waals surface area contributed by atoms with Crippen LogP contribution in [-0.4, -0.2) is 17.9 Å². The number of primary amides is 1. The zero-order valence-corrected chi connectivity index (χ0v) is 14.1. The van der Waals surface area contributed by atoms with Crippen LogP contribution in [0.1, 0.15) is 23.7 Å². The Morgan fingerprint density at radius 2 is 1.56 bits per heavy atom. The fourth-order valence-corrected chi connectivity index (χ4v) is 3.06. The molecule has 126 valence electrons. The van der Waals surface area contributed by atoms with Crippen LogP contribution >= 0.6 is 0 Å². The van der Waals surface area contributed by atoms with Crippen molar-refractivity contribution in [2.75, 3.05) is 0 Å². The molecule has 0 unspecified atom stereocenters. The molecule has 0 radical (unpaired) electrons. The Kier molecular flexibility index (Phi) is 4.52. The van der Waals surface area contributed by atoms with Crippen molar-refractivity contribution in [2.24, 2.45) is 5.73 Å². The minimum absolute atomic E-state index is 0.307. The Labute approximate surface area is 146 Å². The van der Waals surface area contributed by atoms with Crippen molar-refractivity contribution in [3.05, 3.63) is 72.3 Å². The second kappa shape index (κ2) is 6.77. The highest BCUT2D eigenvalue weighted by atomic mass is 16.2. The zero-order valence-electron chi connectivity index (χ0n) is 14.1. The summed E-state index contributed by atoms with van der Waals surface area (Å²) < 4.78 is 0. The molecule has 0 saturated heterocycles. The average molecular weight is 332 g/mol. The highest BCUT2D eigenvalue weighted by Crippen LogP contribution is 2.28. The molecule has 0 aliphatic heterocycles. The van der Waals surface area contributed by atoms with E-state index in [1.807, 2.05) is 48.5 Å². The summed E-state index contributed by atoms with van der Waals surface area (Å²) in [6, 6.07) is 16.7. The van der Waals surface area contributed by atoms with Crippen molar-refractivity contribution in [1.82, 2.24) is 5.32 Å². The van der Waals surface area contributed by atoms with E-state index >= 15 is 0 Å². The van der Waals surface area contributed by atoms with Crippen LogP contribution in [0.25, 0.3) is 21.5 Å². The number of carbonyl (C=O) groups excluding carboxylic acids is 2. The zero-order chi connectivity index (χ0) is 18.0. The van der Waals surface area contributed by atoms with Crippen LogP contribution in [0.4, 0.5) is 0 Å². The minimum Gasteiger partial charge on any atom is -0.368 e. The largest absolute Gasteiger partial charge is 0.368 e. The predicted octanol–water partition coefficient (Wildman–Crippen LogP) is 3.54. The third kappa shape index (κ3) is 3.38. The lowest BCUT2D eigenvalue weighted by Crippen LogP contribution is -2.44. The number of hydrogen-bond donors (Lipinski definition) is 2. The van der Waals surface area contributed by atoms with Crippen molar-refractivity contribution in [1.29, 1.82) is 0 Å². The van der Waals surface area contributed by atoms with Crippen LogP contribution < -0.4 is 11.1 Å². The molecule has 0 saturated carbocycles. The van der Waals surface area contributed by atoms with E-state index in [2.05, 4.69) is 18.0 Å². The fourth-order valence-electron chi connectivity index (χ4n) is 3.06. The summed E-state index contributed by atoms with van der Waals surface area (Å²) in [5.41, 5.74) is 6.78. The van der Waals surface area contributed by atoms with Gasteiger partial charge in [0.05, 0.1) is 5.56 Å². The number of carbonyl (C=O) groups is 2. The van der Waals surface area contributed by atoms with E-state index in [0.717, 1.165) is 27.1 Å². The smallest absolute Gasteiger partial charge is 0.253 e. The molecule has 3 aromatic rings. The molecule has 0 bridgehead atoms. The number of fused-ring (bicyclic) bond motifs is 2. The molecular weight excluding hydrogens is 312 g/mol. The third-order valence-electron chi connectivity index (χ3n) is 4.20. The van der Waals surface area contributed by atoms with Gasteiger partial charge in [0.2, 0.25) is 5.91 Å². The Bertz CT molecular complexity index is 938. The summed E-state index contributed by atoms with van der Waals surface area (Å²) in [7, 11) is 0. The van der Waals surface area contributed by atoms with Gasteiger partial charge in [-0.1, -0.05) is 54.1 Å². The third-order valence-corrected chi connectivity index (χ3v) is 4.20. The molecule has 2 amide bonds. The number of benzene rings is 3. The molecule has 0 aliphatic carbocycles. The van der Waals surface area contributed by atoms with E-state index in [4.69, 9.17) is 5.73 Å². The number of hydrogen-bond acceptors (Lipinski definition) is 2. The van der Waals surface area contributed by atoms with Gasteiger partial charge in [0, 0.05) is 0 Å². The molecule has 3 N–H and O–H groups in total. The van der Waals surface area contributed by atoms with E-state index in [1.54, 1.807) is 6.92 Å². The van der Waals surface area contributed by atoms with E-state index in [9.17, 15) is 9.59 Å². The van der Waals surface area contributed by atoms with Gasteiger partial charge in [0.15, 0.2) is 0 Å². The lowest BCUT2D eigenvalue weighted by Gasteiger charge is -2.17. The quantitative estimate of drug-likeness (QED) is 0.554. The van der Waals surface area contributed by atoms with E-state index in [1.165, 1.54) is 0 Å². The predicted molar refractivity (Wildman–Crippen MR) is 101 cm³/mol. The maximum absolute atomic E-state index is 13.0. The maximum Gasteiger partial charge on any atom is 0.253 e. The normalized spacial score (nSPS) is 12.0. The van der Waals surface area contributed by atoms with Gasteiger partial charge in [-0.3, -0.25) is 9.59 Å². The van der Waals surface area contributed by atoms with Crippen molar-refractivity contribution in [3.8, 4) is 0 Å². The monoisotopic (exact) mass is 332 g/mol. The lowest BCUT2D eigenvalue weighted by molar-refractivity contribution is -0.119. The van der Waals surface area contributed by atoms with Crippen LogP contribution in [0.3, 0.4) is 0 Å². The molecule has 4 nitrogen and oxygen atoms in total. The highest BCUT2D eigenvalue weighted by molar-refractivity contribution is 6.18. The molecule has 3 aromatic carbocycles. The minimum atomic E-state index is -0.775. The van der Waals surface area contributed by atoms with Gasteiger partial charge in [0.1, 0.15) is 6.04 Å². The van der Waals surface area contributed by atoms with Crippen molar-refractivity contribution in [3.63, 3.8) is 0 Å². The number of nitrogens with two attached hydrogens (primary N) is 1. The first-order chi connectivity index (χ1) is 12.0. The molecule has 0 aromatic heterocycles. The first-order valence-corrected chi connectivity index (χ1v) is 8.12. The average Bonchev–Trinajstić information content (AvgIpc) is 2.58. The highest BCUT2D eigenvalue weighted by Gasteiger charge is 2.21. The molecule has 0 fully saturated rings. The summed E-state index contributed by atoms with van der Waals surface area (Å²) in [5, 5.41) is 6.41. The van der Waals surface area contributed by atoms with E-state index < -0.39 is 11.9 Å². The molecule has 25 heavy (non-hydrogen) atoms. The summed E-state index contributed by atoms with van der Waals surface area (Å²) >= 11 is 0. The summed E-state index contributed by atoms with van der Waals surface area (Å²) in [6.45, 7) is 5.60. The van der Waals surface area contributed by atoms with Crippen molar-refractivity contribution >= 4 is 33.4 Å². The second-order valence-electron chi connectivity index (χ2n) is 6.28. The Balaban J connectivity index is 2.13. The van der Waals surface area contributed by atoms with Gasteiger partial charge in [0.25, 0.3) is 5.91 Å². The van der Waals surface area contributed by atoms with Gasteiger partial charge < -0.3 is 11.1 Å². The van der Waals surface area contributed by atoms with Crippen LogP contribution in [0.2, 0.25) is 0 Å². The van der Waals surface area contributed by atoms with E-state index in [-0.39, 0.29) is 5.91 Å². The first-order valence-electron chi connectivity index (χ1n) is 8.12. The molecular formula is C21H20N2O2. The SMILES string of the molecule is C=C(C)C[C@H](NC(=O)c1c2ccccc2cc2ccccc12)C(N)=O. The van der Waals surface area contributed by atoms with Gasteiger partial charge in [-0.15, -0.1) is 6.58 Å². The Hall–Kier alpha value is -3.14. The second-order valence-corrected chi connectivity index (χ2v) is 6.28. The van der Waals surface area contributed by atoms with Crippen molar-refractivity contribution < 1.29 is 9.59 Å². The molecule has 3 rings (SSSR count). The molecule has 4 heteroatoms. The van der Waals surface area contributed by atoms with E-state index in [0.29, 0.717) is 12.0 Å². The standard InChI is InChI=1S/C21H20N2O2/c1-13(2)11-18(20(22)24)23-21(25)19-16-9-5-3-7-14(16)12-15-8-4-6-10-17(15)19/h3-10,12,18H,1,11H2,2H3,(H2,22,24)(H,23,25)/t18-/m0/s1. The summed E-state index contributed by atoms with van der Waals surface area (Å²) in [6.07, 6.45) is 0.323. The number of nitrogens with one attached hydrogen (secondary N) is 1. The van der Waals surface area contributed by atoms with Gasteiger partial charge in [-0.2, -0.15) is 0 Å². The summed E-state index contributed by atoms with van der Waals surface area (Å²) in [4.78, 5) is 24.7. The Morgan fingerprint density at radius 1 is 1.04 bits per heavy atom. The van der Waals surface area contributed by atoms with Crippen LogP contribution in [-0.2, 0) is 4.79 Å². The van der Waals surface area contributed by atoms with Gasteiger partial charge in [-0.05, 0) is 41.0 Å². The lowest BCUT2D eigenvalue weighted by atomic mass is 9.96. The van der Waals surface area contributed by atoms with Crippen molar-refractivity contribution in [2.45, 2.75) is 19.4 Å². The van der Waals surface area contributed by atoms with Crippen LogP contribution in [0, 0.1) is 0 Å². The molecule has 0 spiro atoms. The number of rotatable bonds is 5. The fraction of sp³-hybridized carbons (Fsp3) is 0.143. The molecule has 0 heterocycles. The number of amides is 2. The molecule has 1 atom stereocenters. The van der Waals surface area contributed by atoms with Crippen LogP contribution in [0.5, 0.6) is 0 Å². The molecule has 0 aliphatic rings. The first kappa shape index (κ1) is 16.7. The van der Waals surface area contributed by atoms with Gasteiger partial charge in [-0.25, -0.2) is 0 Å². The summed E-state index contributed by atoms with van der Waals surface area (Å²) in [5.74, 6) is -0.876. The van der Waals surface area contributed by atoms with Crippen LogP contribution in [0.15, 0.2) is 66.7 Å². The maximum atomic E-state index is 13.0. The van der Waals surface area contributed by atoms with Gasteiger partial charge >= 0.3 is 0 Å². The topological polar surface area (TPSA) is 72.2 Å².